The third-order valence-electron chi connectivity index (χ3n) is 3.11. The van der Waals surface area contributed by atoms with E-state index < -0.39 is 0 Å². The van der Waals surface area contributed by atoms with Gasteiger partial charge in [0.25, 0.3) is 5.91 Å². The van der Waals surface area contributed by atoms with E-state index in [2.05, 4.69) is 15.3 Å². The van der Waals surface area contributed by atoms with Gasteiger partial charge >= 0.3 is 0 Å². The number of imidazole rings is 1. The predicted molar refractivity (Wildman–Crippen MR) is 79.9 cm³/mol. The second-order valence-electron chi connectivity index (χ2n) is 4.70. The largest absolute Gasteiger partial charge is 0.342 e. The van der Waals surface area contributed by atoms with Gasteiger partial charge in [-0.25, -0.2) is 4.98 Å². The number of carbonyl (C=O) groups is 1. The van der Waals surface area contributed by atoms with E-state index >= 15 is 0 Å². The highest BCUT2D eigenvalue weighted by atomic mass is 16.1. The minimum Gasteiger partial charge on any atom is -0.342 e. The van der Waals surface area contributed by atoms with Crippen molar-refractivity contribution in [3.8, 4) is 6.07 Å². The van der Waals surface area contributed by atoms with Crippen molar-refractivity contribution < 1.29 is 4.79 Å². The van der Waals surface area contributed by atoms with E-state index in [1.165, 1.54) is 0 Å². The fourth-order valence-electron chi connectivity index (χ4n) is 2.15. The molecule has 0 saturated carbocycles. The van der Waals surface area contributed by atoms with Crippen molar-refractivity contribution in [2.75, 3.05) is 5.32 Å². The van der Waals surface area contributed by atoms with Gasteiger partial charge in [-0.3, -0.25) is 4.79 Å². The number of aryl methyl sites for hydroxylation is 1. The maximum absolute atomic E-state index is 12.2. The van der Waals surface area contributed by atoms with Crippen molar-refractivity contribution >= 4 is 22.6 Å². The molecule has 0 bridgehead atoms. The Morgan fingerprint density at radius 1 is 1.29 bits per heavy atom. The van der Waals surface area contributed by atoms with Crippen LogP contribution in [0.2, 0.25) is 0 Å². The molecule has 0 aliphatic carbocycles. The molecule has 3 aromatic rings. The van der Waals surface area contributed by atoms with E-state index in [1.807, 2.05) is 25.1 Å². The van der Waals surface area contributed by atoms with Crippen LogP contribution in [0.15, 0.2) is 42.5 Å². The average molecular weight is 276 g/mol. The first kappa shape index (κ1) is 12.9. The summed E-state index contributed by atoms with van der Waals surface area (Å²) in [5, 5.41) is 11.7. The summed E-state index contributed by atoms with van der Waals surface area (Å²) in [5.41, 5.74) is 3.32. The van der Waals surface area contributed by atoms with Crippen molar-refractivity contribution in [2.45, 2.75) is 6.92 Å². The molecule has 1 heterocycles. The van der Waals surface area contributed by atoms with E-state index in [0.29, 0.717) is 16.8 Å². The van der Waals surface area contributed by atoms with E-state index in [0.717, 1.165) is 16.9 Å². The zero-order valence-electron chi connectivity index (χ0n) is 11.3. The van der Waals surface area contributed by atoms with Crippen LogP contribution in [0.4, 0.5) is 5.69 Å². The highest BCUT2D eigenvalue weighted by Crippen LogP contribution is 2.18. The SMILES string of the molecule is Cc1nc2ccc(NC(=O)c3cccc(C#N)c3)cc2[nH]1. The molecular formula is C16H12N4O. The first-order chi connectivity index (χ1) is 10.2. The molecule has 0 fully saturated rings. The number of carbonyl (C=O) groups excluding carboxylic acids is 1. The van der Waals surface area contributed by atoms with E-state index in [4.69, 9.17) is 5.26 Å². The fraction of sp³-hybridized carbons (Fsp3) is 0.0625. The molecule has 0 aliphatic heterocycles. The maximum Gasteiger partial charge on any atom is 0.255 e. The monoisotopic (exact) mass is 276 g/mol. The van der Waals surface area contributed by atoms with Crippen molar-refractivity contribution in [3.63, 3.8) is 0 Å². The van der Waals surface area contributed by atoms with Crippen molar-refractivity contribution in [1.82, 2.24) is 9.97 Å². The Hall–Kier alpha value is -3.13. The lowest BCUT2D eigenvalue weighted by Crippen LogP contribution is -2.11. The van der Waals surface area contributed by atoms with Crippen molar-refractivity contribution in [3.05, 3.63) is 59.4 Å². The number of hydrogen-bond acceptors (Lipinski definition) is 3. The lowest BCUT2D eigenvalue weighted by atomic mass is 10.1. The van der Waals surface area contributed by atoms with Gasteiger partial charge in [-0.2, -0.15) is 5.26 Å². The van der Waals surface area contributed by atoms with Gasteiger partial charge in [0.15, 0.2) is 0 Å². The molecule has 0 saturated heterocycles. The van der Waals surface area contributed by atoms with Gasteiger partial charge in [0.1, 0.15) is 5.82 Å². The molecule has 3 rings (SSSR count). The number of aromatic nitrogens is 2. The van der Waals surface area contributed by atoms with Crippen LogP contribution in [-0.2, 0) is 0 Å². The summed E-state index contributed by atoms with van der Waals surface area (Å²) in [4.78, 5) is 19.6. The lowest BCUT2D eigenvalue weighted by Gasteiger charge is -2.05. The molecule has 21 heavy (non-hydrogen) atoms. The zero-order chi connectivity index (χ0) is 14.8. The Kier molecular flexibility index (Phi) is 3.13. The number of hydrogen-bond donors (Lipinski definition) is 2. The minimum atomic E-state index is -0.248. The minimum absolute atomic E-state index is 0.248. The molecule has 0 spiro atoms. The Morgan fingerprint density at radius 3 is 2.95 bits per heavy atom. The number of fused-ring (bicyclic) bond motifs is 1. The zero-order valence-corrected chi connectivity index (χ0v) is 11.3. The molecule has 102 valence electrons. The summed E-state index contributed by atoms with van der Waals surface area (Å²) in [7, 11) is 0. The van der Waals surface area contributed by atoms with E-state index in [9.17, 15) is 4.79 Å². The molecule has 0 aliphatic rings. The Labute approximate surface area is 121 Å². The summed E-state index contributed by atoms with van der Waals surface area (Å²) in [6.07, 6.45) is 0. The Morgan fingerprint density at radius 2 is 2.14 bits per heavy atom. The number of aromatic amines is 1. The summed E-state index contributed by atoms with van der Waals surface area (Å²) in [5.74, 6) is 0.581. The second kappa shape index (κ2) is 5.10. The molecule has 2 aromatic carbocycles. The number of rotatable bonds is 2. The van der Waals surface area contributed by atoms with Gasteiger partial charge in [-0.15, -0.1) is 0 Å². The molecule has 5 nitrogen and oxygen atoms in total. The van der Waals surface area contributed by atoms with E-state index in [1.54, 1.807) is 30.3 Å². The van der Waals surface area contributed by atoms with Gasteiger partial charge in [0.05, 0.1) is 22.7 Å². The first-order valence-electron chi connectivity index (χ1n) is 6.43. The quantitative estimate of drug-likeness (QED) is 0.754. The highest BCUT2D eigenvalue weighted by Gasteiger charge is 2.08. The third-order valence-corrected chi connectivity index (χ3v) is 3.11. The van der Waals surface area contributed by atoms with Crippen LogP contribution in [0.25, 0.3) is 11.0 Å². The summed E-state index contributed by atoms with van der Waals surface area (Å²) < 4.78 is 0. The van der Waals surface area contributed by atoms with Gasteiger partial charge in [-0.05, 0) is 43.3 Å². The number of nitrogens with zero attached hydrogens (tertiary/aromatic N) is 2. The average Bonchev–Trinajstić information content (AvgIpc) is 2.86. The normalized spacial score (nSPS) is 10.3. The number of H-pyrrole nitrogens is 1. The number of nitrogens with one attached hydrogen (secondary N) is 2. The molecule has 0 atom stereocenters. The Bertz CT molecular complexity index is 873. The van der Waals surface area contributed by atoms with Crippen LogP contribution in [0.5, 0.6) is 0 Å². The molecule has 1 amide bonds. The van der Waals surface area contributed by atoms with Crippen LogP contribution in [-0.4, -0.2) is 15.9 Å². The molecule has 0 unspecified atom stereocenters. The number of anilines is 1. The number of amides is 1. The van der Waals surface area contributed by atoms with Crippen molar-refractivity contribution in [2.24, 2.45) is 0 Å². The number of benzene rings is 2. The summed E-state index contributed by atoms with van der Waals surface area (Å²) in [6.45, 7) is 1.88. The highest BCUT2D eigenvalue weighted by molar-refractivity contribution is 6.05. The van der Waals surface area contributed by atoms with Crippen LogP contribution in [0.1, 0.15) is 21.7 Å². The maximum atomic E-state index is 12.2. The number of nitriles is 1. The summed E-state index contributed by atoms with van der Waals surface area (Å²) in [6, 6.07) is 14.1. The Balaban J connectivity index is 1.87. The van der Waals surface area contributed by atoms with Gasteiger partial charge in [0.2, 0.25) is 0 Å². The molecule has 1 aromatic heterocycles. The smallest absolute Gasteiger partial charge is 0.255 e. The fourth-order valence-corrected chi connectivity index (χ4v) is 2.15. The van der Waals surface area contributed by atoms with Gasteiger partial charge in [0, 0.05) is 11.3 Å². The first-order valence-corrected chi connectivity index (χ1v) is 6.43. The van der Waals surface area contributed by atoms with Crippen LogP contribution in [0, 0.1) is 18.3 Å². The van der Waals surface area contributed by atoms with Gasteiger partial charge in [-0.1, -0.05) is 6.07 Å². The lowest BCUT2D eigenvalue weighted by molar-refractivity contribution is 0.102. The molecular weight excluding hydrogens is 264 g/mol. The van der Waals surface area contributed by atoms with Crippen LogP contribution >= 0.6 is 0 Å². The third kappa shape index (κ3) is 2.60. The van der Waals surface area contributed by atoms with Crippen LogP contribution < -0.4 is 5.32 Å². The topological polar surface area (TPSA) is 81.6 Å². The standard InChI is InChI=1S/C16H12N4O/c1-10-18-14-6-5-13(8-15(14)19-10)20-16(21)12-4-2-3-11(7-12)9-17/h2-8H,1H3,(H,18,19)(H,20,21). The molecule has 5 heteroatoms. The second-order valence-corrected chi connectivity index (χ2v) is 4.70. The molecule has 0 radical (unpaired) electrons. The predicted octanol–water partition coefficient (Wildman–Crippen LogP) is 3.00. The van der Waals surface area contributed by atoms with Crippen molar-refractivity contribution in [1.29, 1.82) is 5.26 Å². The van der Waals surface area contributed by atoms with E-state index in [-0.39, 0.29) is 5.91 Å². The molecule has 2 N–H and O–H groups in total. The van der Waals surface area contributed by atoms with Crippen LogP contribution in [0.3, 0.4) is 0 Å². The summed E-state index contributed by atoms with van der Waals surface area (Å²) >= 11 is 0. The van der Waals surface area contributed by atoms with Gasteiger partial charge < -0.3 is 10.3 Å².